The van der Waals surface area contributed by atoms with Crippen molar-refractivity contribution in [3.05, 3.63) is 149 Å². The fourth-order valence-electron chi connectivity index (χ4n) is 5.80. The monoisotopic (exact) mass is 483 g/mol. The molecule has 176 valence electrons. The van der Waals surface area contributed by atoms with Crippen molar-refractivity contribution in [2.45, 2.75) is 0 Å². The number of pyridine rings is 1. The lowest BCUT2D eigenvalue weighted by Crippen LogP contribution is -2.02. The van der Waals surface area contributed by atoms with Crippen LogP contribution >= 0.6 is 0 Å². The van der Waals surface area contributed by atoms with Gasteiger partial charge in [-0.05, 0) is 47.0 Å². The fraction of sp³-hybridized carbons (Fsp3) is 0. The van der Waals surface area contributed by atoms with E-state index < -0.39 is 0 Å². The van der Waals surface area contributed by atoms with Crippen LogP contribution in [0.2, 0.25) is 0 Å². The summed E-state index contributed by atoms with van der Waals surface area (Å²) in [6.45, 7) is 0. The Balaban J connectivity index is 1.52. The molecule has 2 aliphatic heterocycles. The minimum Gasteiger partial charge on any atom is -0.256 e. The maximum absolute atomic E-state index is 5.12. The molecule has 2 aliphatic rings. The van der Waals surface area contributed by atoms with E-state index in [9.17, 15) is 0 Å². The SMILES string of the molecule is c1ccc(-c2cccnc2-c2c(-c3ccccc3)ccc3c2-c2c4c(ccc2=N3)=c2ccccc2=N4)cc1. The summed E-state index contributed by atoms with van der Waals surface area (Å²) < 4.78 is 0. The lowest BCUT2D eigenvalue weighted by molar-refractivity contribution is 1.32. The summed E-state index contributed by atoms with van der Waals surface area (Å²) in [7, 11) is 0. The number of fused-ring (bicyclic) bond motifs is 6. The molecule has 3 nitrogen and oxygen atoms in total. The first kappa shape index (κ1) is 21.0. The van der Waals surface area contributed by atoms with Crippen LogP contribution in [0.25, 0.3) is 44.6 Å². The third-order valence-corrected chi connectivity index (χ3v) is 7.47. The summed E-state index contributed by atoms with van der Waals surface area (Å²) in [6.07, 6.45) is 1.89. The van der Waals surface area contributed by atoms with E-state index in [1.54, 1.807) is 0 Å². The van der Waals surface area contributed by atoms with E-state index >= 15 is 0 Å². The van der Waals surface area contributed by atoms with Gasteiger partial charge in [-0.3, -0.25) is 4.98 Å². The van der Waals surface area contributed by atoms with Gasteiger partial charge < -0.3 is 0 Å². The lowest BCUT2D eigenvalue weighted by atomic mass is 9.86. The Bertz CT molecular complexity index is 2120. The van der Waals surface area contributed by atoms with Crippen molar-refractivity contribution in [1.82, 2.24) is 4.98 Å². The summed E-state index contributed by atoms with van der Waals surface area (Å²) in [5.74, 6) is 0. The zero-order valence-corrected chi connectivity index (χ0v) is 20.5. The van der Waals surface area contributed by atoms with Gasteiger partial charge in [-0.25, -0.2) is 9.98 Å². The number of rotatable bonds is 3. The molecule has 0 saturated carbocycles. The van der Waals surface area contributed by atoms with Gasteiger partial charge in [0.1, 0.15) is 0 Å². The molecule has 1 aromatic heterocycles. The first-order valence-corrected chi connectivity index (χ1v) is 12.8. The van der Waals surface area contributed by atoms with Crippen molar-refractivity contribution in [1.29, 1.82) is 0 Å². The maximum Gasteiger partial charge on any atom is 0.0817 e. The summed E-state index contributed by atoms with van der Waals surface area (Å²) in [6, 6.07) is 42.2. The highest BCUT2D eigenvalue weighted by molar-refractivity contribution is 6.05. The molecule has 0 radical (unpaired) electrons. The van der Waals surface area contributed by atoms with Crippen LogP contribution in [0.4, 0.5) is 11.4 Å². The van der Waals surface area contributed by atoms with Crippen LogP contribution in [0.5, 0.6) is 0 Å². The third-order valence-electron chi connectivity index (χ3n) is 7.47. The number of hydrogen-bond donors (Lipinski definition) is 0. The molecular formula is C35H21N3. The quantitative estimate of drug-likeness (QED) is 0.255. The van der Waals surface area contributed by atoms with Gasteiger partial charge in [0.15, 0.2) is 0 Å². The van der Waals surface area contributed by atoms with Crippen molar-refractivity contribution in [2.75, 3.05) is 0 Å². The molecule has 6 aromatic rings. The summed E-state index contributed by atoms with van der Waals surface area (Å²) in [4.78, 5) is 15.2. The number of benzene rings is 5. The Morgan fingerprint density at radius 1 is 0.421 bits per heavy atom. The molecule has 0 amide bonds. The number of hydrogen-bond acceptors (Lipinski definition) is 3. The summed E-state index contributed by atoms with van der Waals surface area (Å²) in [5, 5.41) is 4.29. The molecule has 3 heteroatoms. The Morgan fingerprint density at radius 3 is 1.97 bits per heavy atom. The van der Waals surface area contributed by atoms with Gasteiger partial charge in [0.25, 0.3) is 0 Å². The average Bonchev–Trinajstić information content (AvgIpc) is 3.56. The topological polar surface area (TPSA) is 37.6 Å². The minimum atomic E-state index is 0.950. The number of aromatic nitrogens is 1. The third kappa shape index (κ3) is 3.06. The summed E-state index contributed by atoms with van der Waals surface area (Å²) >= 11 is 0. The molecule has 0 saturated heterocycles. The number of nitrogens with zero attached hydrogens (tertiary/aromatic N) is 3. The fourth-order valence-corrected chi connectivity index (χ4v) is 5.80. The molecule has 0 bridgehead atoms. The van der Waals surface area contributed by atoms with E-state index in [-0.39, 0.29) is 0 Å². The molecule has 8 rings (SSSR count). The van der Waals surface area contributed by atoms with Gasteiger partial charge in [-0.2, -0.15) is 0 Å². The van der Waals surface area contributed by atoms with E-state index in [2.05, 4.69) is 103 Å². The van der Waals surface area contributed by atoms with Crippen LogP contribution in [0.3, 0.4) is 0 Å². The molecule has 38 heavy (non-hydrogen) atoms. The van der Waals surface area contributed by atoms with Crippen LogP contribution in [0.1, 0.15) is 0 Å². The maximum atomic E-state index is 5.12. The van der Waals surface area contributed by atoms with Crippen LogP contribution < -0.4 is 10.7 Å². The highest BCUT2D eigenvalue weighted by Crippen LogP contribution is 2.50. The molecule has 0 unspecified atom stereocenters. The van der Waals surface area contributed by atoms with E-state index in [1.807, 2.05) is 24.4 Å². The Morgan fingerprint density at radius 2 is 1.16 bits per heavy atom. The second kappa shape index (κ2) is 8.19. The van der Waals surface area contributed by atoms with Gasteiger partial charge >= 0.3 is 0 Å². The Hall–Kier alpha value is -5.15. The zero-order chi connectivity index (χ0) is 25.1. The highest BCUT2D eigenvalue weighted by Gasteiger charge is 2.28. The van der Waals surface area contributed by atoms with Gasteiger partial charge in [0.05, 0.1) is 27.8 Å². The highest BCUT2D eigenvalue weighted by atomic mass is 14.8. The van der Waals surface area contributed by atoms with Crippen molar-refractivity contribution < 1.29 is 0 Å². The second-order valence-electron chi connectivity index (χ2n) is 9.61. The molecule has 0 aliphatic carbocycles. The Kier molecular flexibility index (Phi) is 4.52. The van der Waals surface area contributed by atoms with Crippen molar-refractivity contribution >= 4 is 11.4 Å². The van der Waals surface area contributed by atoms with E-state index in [0.29, 0.717) is 0 Å². The van der Waals surface area contributed by atoms with Crippen molar-refractivity contribution in [2.24, 2.45) is 9.98 Å². The van der Waals surface area contributed by atoms with E-state index in [1.165, 1.54) is 5.22 Å². The standard InChI is InChI=1S/C35H21N3/c1-3-10-22(11-4-1)24-17-19-29-32(31(24)34-25(15-9-21-36-34)23-12-5-2-6-13-23)33-30(37-29)20-18-27-26-14-7-8-16-28(26)38-35(27)33/h1-21H. The van der Waals surface area contributed by atoms with E-state index in [0.717, 1.165) is 71.9 Å². The average molecular weight is 484 g/mol. The lowest BCUT2D eigenvalue weighted by Gasteiger charge is -2.18. The molecule has 0 atom stereocenters. The van der Waals surface area contributed by atoms with Crippen LogP contribution in [0, 0.1) is 10.4 Å². The first-order chi connectivity index (χ1) is 18.9. The first-order valence-electron chi connectivity index (χ1n) is 12.8. The van der Waals surface area contributed by atoms with Gasteiger partial charge in [0.2, 0.25) is 0 Å². The van der Waals surface area contributed by atoms with Crippen LogP contribution in [-0.4, -0.2) is 4.98 Å². The minimum absolute atomic E-state index is 0.950. The second-order valence-corrected chi connectivity index (χ2v) is 9.61. The summed E-state index contributed by atoms with van der Waals surface area (Å²) in [5.41, 5.74) is 10.7. The molecule has 3 heterocycles. The largest absolute Gasteiger partial charge is 0.256 e. The molecule has 0 N–H and O–H groups in total. The van der Waals surface area contributed by atoms with Crippen LogP contribution in [0.15, 0.2) is 138 Å². The van der Waals surface area contributed by atoms with Crippen molar-refractivity contribution in [3.63, 3.8) is 0 Å². The predicted molar refractivity (Wildman–Crippen MR) is 152 cm³/mol. The van der Waals surface area contributed by atoms with Crippen LogP contribution in [-0.2, 0) is 0 Å². The zero-order valence-electron chi connectivity index (χ0n) is 20.5. The molecular weight excluding hydrogens is 462 g/mol. The number of para-hydroxylation sites is 1. The van der Waals surface area contributed by atoms with Crippen molar-refractivity contribution in [3.8, 4) is 44.6 Å². The van der Waals surface area contributed by atoms with E-state index in [4.69, 9.17) is 15.0 Å². The predicted octanol–water partition coefficient (Wildman–Crippen LogP) is 7.57. The molecule has 5 aromatic carbocycles. The normalized spacial score (nSPS) is 12.1. The molecule has 0 spiro atoms. The molecule has 0 fully saturated rings. The van der Waals surface area contributed by atoms with Gasteiger partial charge in [-0.1, -0.05) is 91.0 Å². The Labute approximate surface area is 219 Å². The smallest absolute Gasteiger partial charge is 0.0817 e. The van der Waals surface area contributed by atoms with Gasteiger partial charge in [-0.15, -0.1) is 0 Å². The van der Waals surface area contributed by atoms with Gasteiger partial charge in [0, 0.05) is 38.9 Å².